The van der Waals surface area contributed by atoms with E-state index in [0.29, 0.717) is 18.8 Å². The molecule has 0 saturated carbocycles. The van der Waals surface area contributed by atoms with Crippen molar-refractivity contribution in [1.82, 2.24) is 19.5 Å². The Morgan fingerprint density at radius 3 is 2.80 bits per heavy atom. The second-order valence-corrected chi connectivity index (χ2v) is 6.42. The van der Waals surface area contributed by atoms with Crippen LogP contribution in [0.25, 0.3) is 11.2 Å². The van der Waals surface area contributed by atoms with Gasteiger partial charge in [0.15, 0.2) is 11.2 Å². The van der Waals surface area contributed by atoms with Gasteiger partial charge in [0.25, 0.3) is 5.56 Å². The highest BCUT2D eigenvalue weighted by molar-refractivity contribution is 7.10. The van der Waals surface area contributed by atoms with Crippen LogP contribution < -0.4 is 10.3 Å². The average molecular weight is 350 g/mol. The van der Waals surface area contributed by atoms with Crippen molar-refractivity contribution in [2.24, 2.45) is 0 Å². The summed E-state index contributed by atoms with van der Waals surface area (Å²) in [6, 6.07) is 11.7. The number of hydrogen-bond acceptors (Lipinski definition) is 6. The molecule has 0 aliphatic heterocycles. The van der Waals surface area contributed by atoms with Gasteiger partial charge in [0, 0.05) is 22.8 Å². The zero-order chi connectivity index (χ0) is 17.1. The molecule has 0 amide bonds. The number of benzene rings is 1. The molecule has 4 rings (SSSR count). The summed E-state index contributed by atoms with van der Waals surface area (Å²) in [6.07, 6.45) is 4.54. The van der Waals surface area contributed by atoms with E-state index in [9.17, 15) is 4.79 Å². The van der Waals surface area contributed by atoms with Crippen molar-refractivity contribution in [3.8, 4) is 5.75 Å². The van der Waals surface area contributed by atoms with Crippen LogP contribution in [0.5, 0.6) is 5.75 Å². The zero-order valence-corrected chi connectivity index (χ0v) is 14.0. The number of aromatic nitrogens is 4. The fourth-order valence-electron chi connectivity index (χ4n) is 2.44. The highest BCUT2D eigenvalue weighted by Crippen LogP contribution is 2.18. The van der Waals surface area contributed by atoms with E-state index >= 15 is 0 Å². The van der Waals surface area contributed by atoms with Gasteiger partial charge in [0.05, 0.1) is 6.54 Å². The molecule has 0 unspecified atom stereocenters. The van der Waals surface area contributed by atoms with Crippen LogP contribution in [0, 0.1) is 0 Å². The minimum absolute atomic E-state index is 0.186. The lowest BCUT2D eigenvalue weighted by atomic mass is 10.3. The molecule has 7 heteroatoms. The van der Waals surface area contributed by atoms with Gasteiger partial charge < -0.3 is 4.74 Å². The molecule has 4 aromatic rings. The van der Waals surface area contributed by atoms with Gasteiger partial charge in [-0.25, -0.2) is 15.0 Å². The molecule has 0 bridgehead atoms. The van der Waals surface area contributed by atoms with E-state index in [1.165, 1.54) is 18.7 Å². The van der Waals surface area contributed by atoms with E-state index in [2.05, 4.69) is 15.0 Å². The SMILES string of the molecule is O=c1c2nccnc2ncn1Cc1cc(COc2ccccc2)cs1. The van der Waals surface area contributed by atoms with Gasteiger partial charge in [-0.1, -0.05) is 18.2 Å². The minimum atomic E-state index is -0.186. The molecule has 124 valence electrons. The molecule has 0 saturated heterocycles. The Labute approximate surface area is 147 Å². The van der Waals surface area contributed by atoms with E-state index in [0.717, 1.165) is 16.2 Å². The van der Waals surface area contributed by atoms with Crippen molar-refractivity contribution in [2.75, 3.05) is 0 Å². The van der Waals surface area contributed by atoms with Crippen molar-refractivity contribution in [2.45, 2.75) is 13.2 Å². The summed E-state index contributed by atoms with van der Waals surface area (Å²) in [5, 5.41) is 2.04. The third-order valence-corrected chi connectivity index (χ3v) is 4.62. The van der Waals surface area contributed by atoms with Gasteiger partial charge in [0.1, 0.15) is 18.7 Å². The molecule has 0 N–H and O–H groups in total. The first-order valence-electron chi connectivity index (χ1n) is 7.70. The van der Waals surface area contributed by atoms with E-state index in [-0.39, 0.29) is 11.1 Å². The van der Waals surface area contributed by atoms with Crippen molar-refractivity contribution < 1.29 is 4.74 Å². The van der Waals surface area contributed by atoms with Crippen molar-refractivity contribution in [3.05, 3.63) is 81.3 Å². The van der Waals surface area contributed by atoms with Gasteiger partial charge >= 0.3 is 0 Å². The number of para-hydroxylation sites is 1. The molecule has 0 fully saturated rings. The van der Waals surface area contributed by atoms with Gasteiger partial charge in [-0.15, -0.1) is 11.3 Å². The van der Waals surface area contributed by atoms with Crippen molar-refractivity contribution >= 4 is 22.5 Å². The predicted octanol–water partition coefficient (Wildman–Crippen LogP) is 2.88. The summed E-state index contributed by atoms with van der Waals surface area (Å²) in [6.45, 7) is 0.950. The molecular formula is C18H14N4O2S. The minimum Gasteiger partial charge on any atom is -0.489 e. The average Bonchev–Trinajstić information content (AvgIpc) is 3.11. The number of hydrogen-bond donors (Lipinski definition) is 0. The maximum Gasteiger partial charge on any atom is 0.281 e. The molecule has 0 radical (unpaired) electrons. The highest BCUT2D eigenvalue weighted by Gasteiger charge is 2.08. The maximum absolute atomic E-state index is 12.5. The van der Waals surface area contributed by atoms with E-state index in [1.54, 1.807) is 15.9 Å². The van der Waals surface area contributed by atoms with Crippen molar-refractivity contribution in [1.29, 1.82) is 0 Å². The standard InChI is InChI=1S/C18H14N4O2S/c23-18-16-17(20-7-6-19-16)21-12-22(18)9-15-8-13(11-25-15)10-24-14-4-2-1-3-5-14/h1-8,11-12H,9-10H2. The maximum atomic E-state index is 12.5. The normalized spacial score (nSPS) is 10.9. The van der Waals surface area contributed by atoms with Crippen molar-refractivity contribution in [3.63, 3.8) is 0 Å². The molecular weight excluding hydrogens is 336 g/mol. The lowest BCUT2D eigenvalue weighted by Gasteiger charge is -2.04. The summed E-state index contributed by atoms with van der Waals surface area (Å²) in [5.41, 5.74) is 1.54. The summed E-state index contributed by atoms with van der Waals surface area (Å²) in [5.74, 6) is 0.837. The lowest BCUT2D eigenvalue weighted by Crippen LogP contribution is -2.21. The number of rotatable bonds is 5. The van der Waals surface area contributed by atoms with E-state index in [4.69, 9.17) is 4.74 Å². The largest absolute Gasteiger partial charge is 0.489 e. The van der Waals surface area contributed by atoms with Crippen LogP contribution in [-0.4, -0.2) is 19.5 Å². The Kier molecular flexibility index (Phi) is 4.22. The Morgan fingerprint density at radius 2 is 1.92 bits per heavy atom. The molecule has 0 atom stereocenters. The number of ether oxygens (including phenoxy) is 1. The van der Waals surface area contributed by atoms with Gasteiger partial charge in [-0.05, 0) is 23.6 Å². The first kappa shape index (κ1) is 15.5. The molecule has 3 aromatic heterocycles. The van der Waals surface area contributed by atoms with Crippen LogP contribution in [-0.2, 0) is 13.2 Å². The second kappa shape index (κ2) is 6.82. The fourth-order valence-corrected chi connectivity index (χ4v) is 3.31. The first-order chi connectivity index (χ1) is 12.3. The second-order valence-electron chi connectivity index (χ2n) is 5.43. The van der Waals surface area contributed by atoms with Crippen LogP contribution in [0.2, 0.25) is 0 Å². The zero-order valence-electron chi connectivity index (χ0n) is 13.2. The highest BCUT2D eigenvalue weighted by atomic mass is 32.1. The molecule has 3 heterocycles. The van der Waals surface area contributed by atoms with Gasteiger partial charge in [0.2, 0.25) is 0 Å². The lowest BCUT2D eigenvalue weighted by molar-refractivity contribution is 0.306. The monoisotopic (exact) mass is 350 g/mol. The Morgan fingerprint density at radius 1 is 1.08 bits per heavy atom. The third kappa shape index (κ3) is 3.41. The number of fused-ring (bicyclic) bond motifs is 1. The third-order valence-electron chi connectivity index (χ3n) is 3.64. The Balaban J connectivity index is 1.50. The van der Waals surface area contributed by atoms with Crippen LogP contribution in [0.4, 0.5) is 0 Å². The van der Waals surface area contributed by atoms with E-state index in [1.807, 2.05) is 41.8 Å². The fraction of sp³-hybridized carbons (Fsp3) is 0.111. The molecule has 25 heavy (non-hydrogen) atoms. The molecule has 0 aliphatic carbocycles. The summed E-state index contributed by atoms with van der Waals surface area (Å²) >= 11 is 1.59. The van der Waals surface area contributed by atoms with Crippen LogP contribution in [0.15, 0.2) is 65.3 Å². The number of nitrogens with zero attached hydrogens (tertiary/aromatic N) is 4. The summed E-state index contributed by atoms with van der Waals surface area (Å²) in [7, 11) is 0. The molecule has 1 aromatic carbocycles. The Bertz CT molecular complexity index is 1060. The quantitative estimate of drug-likeness (QED) is 0.553. The topological polar surface area (TPSA) is 69.9 Å². The molecule has 0 spiro atoms. The van der Waals surface area contributed by atoms with Crippen LogP contribution in [0.1, 0.15) is 10.4 Å². The summed E-state index contributed by atoms with van der Waals surface area (Å²) < 4.78 is 7.29. The molecule has 6 nitrogen and oxygen atoms in total. The molecule has 0 aliphatic rings. The van der Waals surface area contributed by atoms with Gasteiger partial charge in [-0.3, -0.25) is 9.36 Å². The smallest absolute Gasteiger partial charge is 0.281 e. The van der Waals surface area contributed by atoms with Gasteiger partial charge in [-0.2, -0.15) is 0 Å². The predicted molar refractivity (Wildman–Crippen MR) is 95.8 cm³/mol. The van der Waals surface area contributed by atoms with Crippen LogP contribution in [0.3, 0.4) is 0 Å². The van der Waals surface area contributed by atoms with Crippen LogP contribution >= 0.6 is 11.3 Å². The first-order valence-corrected chi connectivity index (χ1v) is 8.58. The Hall–Kier alpha value is -3.06. The summed E-state index contributed by atoms with van der Waals surface area (Å²) in [4.78, 5) is 25.8. The van der Waals surface area contributed by atoms with E-state index < -0.39 is 0 Å². The number of thiophene rings is 1.